The second-order valence-electron chi connectivity index (χ2n) is 3.10. The highest BCUT2D eigenvalue weighted by molar-refractivity contribution is 9.18. The van der Waals surface area contributed by atoms with E-state index in [0.717, 1.165) is 11.3 Å². The zero-order valence-electron chi connectivity index (χ0n) is 7.97. The van der Waals surface area contributed by atoms with E-state index < -0.39 is 0 Å². The topological polar surface area (TPSA) is 20.3 Å². The Morgan fingerprint density at radius 2 is 2.00 bits per heavy atom. The van der Waals surface area contributed by atoms with Crippen LogP contribution in [-0.4, -0.2) is 11.9 Å². The van der Waals surface area contributed by atoms with Gasteiger partial charge in [0, 0.05) is 28.7 Å². The van der Waals surface area contributed by atoms with Crippen molar-refractivity contribution in [1.29, 1.82) is 0 Å². The van der Waals surface area contributed by atoms with Crippen molar-refractivity contribution in [3.8, 4) is 0 Å². The number of carbonyl (C=O) groups is 1. The molecule has 0 aliphatic rings. The van der Waals surface area contributed by atoms with E-state index in [2.05, 4.69) is 22.0 Å². The third-order valence-corrected chi connectivity index (χ3v) is 2.51. The molecule has 0 aliphatic heterocycles. The maximum absolute atomic E-state index is 11.0. The van der Waals surface area contributed by atoms with Crippen LogP contribution in [0.3, 0.4) is 0 Å². The highest BCUT2D eigenvalue weighted by atomic mass is 79.9. The van der Waals surface area contributed by atoms with Gasteiger partial charge in [-0.2, -0.15) is 0 Å². The highest BCUT2D eigenvalue weighted by Gasteiger charge is 2.08. The molecular weight excluding hydrogens is 230 g/mol. The van der Waals surface area contributed by atoms with Crippen LogP contribution in [0.2, 0.25) is 0 Å². The predicted molar refractivity (Wildman–Crippen MR) is 58.6 cm³/mol. The number of benzene rings is 1. The molecule has 0 saturated heterocycles. The van der Waals surface area contributed by atoms with Crippen LogP contribution in [0, 0.1) is 13.8 Å². The summed E-state index contributed by atoms with van der Waals surface area (Å²) in [5.41, 5.74) is 3.25. The van der Waals surface area contributed by atoms with E-state index in [1.807, 2.05) is 26.0 Å². The summed E-state index contributed by atoms with van der Waals surface area (Å²) >= 11 is 2.92. The summed E-state index contributed by atoms with van der Waals surface area (Å²) in [6.45, 7) is 4.03. The van der Waals surface area contributed by atoms with Crippen molar-refractivity contribution in [3.05, 3.63) is 29.3 Å². The molecule has 1 rings (SSSR count). The number of halogens is 1. The van der Waals surface area contributed by atoms with Gasteiger partial charge in [0.25, 0.3) is 4.82 Å². The van der Waals surface area contributed by atoms with Gasteiger partial charge in [-0.3, -0.25) is 4.79 Å². The Kier molecular flexibility index (Phi) is 3.09. The van der Waals surface area contributed by atoms with Gasteiger partial charge in [-0.25, -0.2) is 0 Å². The molecule has 1 aromatic rings. The molecule has 13 heavy (non-hydrogen) atoms. The van der Waals surface area contributed by atoms with Crippen molar-refractivity contribution < 1.29 is 4.79 Å². The minimum absolute atomic E-state index is 0.126. The van der Waals surface area contributed by atoms with E-state index in [1.54, 1.807) is 11.9 Å². The van der Waals surface area contributed by atoms with Gasteiger partial charge in [0.1, 0.15) is 0 Å². The predicted octanol–water partition coefficient (Wildman–Crippen LogP) is 3.25. The zero-order chi connectivity index (χ0) is 10.0. The molecule has 0 fully saturated rings. The Morgan fingerprint density at radius 1 is 1.38 bits per heavy atom. The molecule has 0 bridgehead atoms. The number of anilines is 1. The van der Waals surface area contributed by atoms with E-state index in [-0.39, 0.29) is 4.82 Å². The Labute approximate surface area is 86.7 Å². The molecule has 0 N–H and O–H groups in total. The summed E-state index contributed by atoms with van der Waals surface area (Å²) in [4.78, 5) is 12.5. The number of hydrogen-bond donors (Lipinski definition) is 0. The molecule has 0 unspecified atom stereocenters. The SMILES string of the molecule is Cc1ccc(N(C)C(=O)Br)c(C)c1. The molecule has 1 aromatic carbocycles. The molecule has 3 heteroatoms. The lowest BCUT2D eigenvalue weighted by Crippen LogP contribution is -2.19. The van der Waals surface area contributed by atoms with Crippen LogP contribution in [0.25, 0.3) is 0 Å². The number of aryl methyl sites for hydroxylation is 2. The van der Waals surface area contributed by atoms with E-state index in [4.69, 9.17) is 0 Å². The first-order chi connectivity index (χ1) is 6.02. The minimum Gasteiger partial charge on any atom is -0.306 e. The van der Waals surface area contributed by atoms with Gasteiger partial charge in [-0.15, -0.1) is 0 Å². The normalized spacial score (nSPS) is 9.85. The number of amides is 1. The van der Waals surface area contributed by atoms with Crippen LogP contribution in [0.4, 0.5) is 10.5 Å². The molecule has 1 amide bonds. The molecule has 0 saturated carbocycles. The summed E-state index contributed by atoms with van der Waals surface area (Å²) in [7, 11) is 1.74. The summed E-state index contributed by atoms with van der Waals surface area (Å²) in [6, 6.07) is 6.00. The third kappa shape index (κ3) is 2.31. The molecule has 0 radical (unpaired) electrons. The van der Waals surface area contributed by atoms with Gasteiger partial charge in [0.2, 0.25) is 0 Å². The average molecular weight is 242 g/mol. The molecular formula is C10H12BrNO. The Morgan fingerprint density at radius 3 is 2.46 bits per heavy atom. The Balaban J connectivity index is 3.08. The van der Waals surface area contributed by atoms with Crippen molar-refractivity contribution in [2.75, 3.05) is 11.9 Å². The van der Waals surface area contributed by atoms with Crippen LogP contribution in [0.5, 0.6) is 0 Å². The van der Waals surface area contributed by atoms with E-state index >= 15 is 0 Å². The quantitative estimate of drug-likeness (QED) is 0.546. The molecule has 0 atom stereocenters. The van der Waals surface area contributed by atoms with Crippen LogP contribution >= 0.6 is 15.9 Å². The van der Waals surface area contributed by atoms with E-state index in [1.165, 1.54) is 5.56 Å². The number of hydrogen-bond acceptors (Lipinski definition) is 1. The van der Waals surface area contributed by atoms with Crippen molar-refractivity contribution in [1.82, 2.24) is 0 Å². The van der Waals surface area contributed by atoms with Crippen molar-refractivity contribution in [2.45, 2.75) is 13.8 Å². The van der Waals surface area contributed by atoms with Crippen LogP contribution in [0.15, 0.2) is 18.2 Å². The van der Waals surface area contributed by atoms with Gasteiger partial charge in [-0.1, -0.05) is 17.7 Å². The molecule has 0 aliphatic carbocycles. The molecule has 70 valence electrons. The maximum atomic E-state index is 11.0. The molecule has 0 heterocycles. The molecule has 0 aromatic heterocycles. The summed E-state index contributed by atoms with van der Waals surface area (Å²) < 4.78 is 0. The monoisotopic (exact) mass is 241 g/mol. The van der Waals surface area contributed by atoms with Crippen LogP contribution < -0.4 is 4.90 Å². The summed E-state index contributed by atoms with van der Waals surface area (Å²) in [6.07, 6.45) is 0. The Bertz CT molecular complexity index is 336. The minimum atomic E-state index is -0.126. The second kappa shape index (κ2) is 3.92. The first kappa shape index (κ1) is 10.3. The van der Waals surface area contributed by atoms with Gasteiger partial charge in [0.15, 0.2) is 0 Å². The first-order valence-corrected chi connectivity index (χ1v) is 4.82. The fraction of sp³-hybridized carbons (Fsp3) is 0.300. The average Bonchev–Trinajstić information content (AvgIpc) is 2.03. The number of rotatable bonds is 1. The van der Waals surface area contributed by atoms with Gasteiger partial charge < -0.3 is 4.90 Å². The number of nitrogens with zero attached hydrogens (tertiary/aromatic N) is 1. The van der Waals surface area contributed by atoms with E-state index in [0.29, 0.717) is 0 Å². The first-order valence-electron chi connectivity index (χ1n) is 4.03. The summed E-state index contributed by atoms with van der Waals surface area (Å²) in [5.74, 6) is 0. The fourth-order valence-corrected chi connectivity index (χ4v) is 1.47. The fourth-order valence-electron chi connectivity index (χ4n) is 1.28. The van der Waals surface area contributed by atoms with Crippen molar-refractivity contribution in [3.63, 3.8) is 0 Å². The molecule has 0 spiro atoms. The standard InChI is InChI=1S/C10H12BrNO/c1-7-4-5-9(8(2)6-7)12(3)10(11)13/h4-6H,1-3H3. The summed E-state index contributed by atoms with van der Waals surface area (Å²) in [5, 5.41) is 0. The lowest BCUT2D eigenvalue weighted by atomic mass is 10.1. The van der Waals surface area contributed by atoms with Crippen molar-refractivity contribution >= 4 is 26.4 Å². The van der Waals surface area contributed by atoms with Crippen LogP contribution in [0.1, 0.15) is 11.1 Å². The van der Waals surface area contributed by atoms with E-state index in [9.17, 15) is 4.79 Å². The smallest absolute Gasteiger partial charge is 0.293 e. The largest absolute Gasteiger partial charge is 0.306 e. The Hall–Kier alpha value is -0.830. The molecule has 2 nitrogen and oxygen atoms in total. The van der Waals surface area contributed by atoms with Gasteiger partial charge in [0.05, 0.1) is 0 Å². The second-order valence-corrected chi connectivity index (χ2v) is 3.78. The highest BCUT2D eigenvalue weighted by Crippen LogP contribution is 2.21. The lowest BCUT2D eigenvalue weighted by molar-refractivity contribution is 0.267. The zero-order valence-corrected chi connectivity index (χ0v) is 9.55. The van der Waals surface area contributed by atoms with Crippen LogP contribution in [-0.2, 0) is 0 Å². The third-order valence-electron chi connectivity index (χ3n) is 1.98. The number of carbonyl (C=O) groups excluding carboxylic acids is 1. The maximum Gasteiger partial charge on any atom is 0.293 e. The van der Waals surface area contributed by atoms with Gasteiger partial charge in [-0.05, 0) is 25.5 Å². The lowest BCUT2D eigenvalue weighted by Gasteiger charge is -2.16. The van der Waals surface area contributed by atoms with Gasteiger partial charge >= 0.3 is 0 Å². The van der Waals surface area contributed by atoms with Crippen molar-refractivity contribution in [2.24, 2.45) is 0 Å².